The number of benzene rings is 2. The van der Waals surface area contributed by atoms with Gasteiger partial charge in [-0.1, -0.05) is 23.7 Å². The highest BCUT2D eigenvalue weighted by Crippen LogP contribution is 2.22. The zero-order chi connectivity index (χ0) is 14.5. The van der Waals surface area contributed by atoms with Crippen molar-refractivity contribution in [1.29, 1.82) is 0 Å². The van der Waals surface area contributed by atoms with Crippen molar-refractivity contribution in [3.8, 4) is 0 Å². The van der Waals surface area contributed by atoms with Crippen molar-refractivity contribution >= 4 is 29.1 Å². The highest BCUT2D eigenvalue weighted by Gasteiger charge is 2.10. The number of carbonyl (C=O) groups is 1. The van der Waals surface area contributed by atoms with E-state index in [1.165, 1.54) is 36.0 Å². The van der Waals surface area contributed by atoms with Crippen molar-refractivity contribution in [2.75, 3.05) is 5.75 Å². The predicted molar refractivity (Wildman–Crippen MR) is 77.2 cm³/mol. The van der Waals surface area contributed by atoms with E-state index in [2.05, 4.69) is 0 Å². The first-order valence-electron chi connectivity index (χ1n) is 5.89. The fraction of sp³-hybridized carbons (Fsp3) is 0.133. The molecule has 20 heavy (non-hydrogen) atoms. The van der Waals surface area contributed by atoms with Gasteiger partial charge in [-0.05, 0) is 35.9 Å². The standard InChI is InChI=1S/C15H11ClF2OS/c16-15-10(2-1-3-14(15)18)8-12(19)9-20-13-6-4-11(17)5-7-13/h1-7H,8-9H2. The van der Waals surface area contributed by atoms with Gasteiger partial charge in [0.25, 0.3) is 0 Å². The first-order valence-corrected chi connectivity index (χ1v) is 7.25. The van der Waals surface area contributed by atoms with E-state index in [1.807, 2.05) is 0 Å². The van der Waals surface area contributed by atoms with Gasteiger partial charge in [0.1, 0.15) is 17.4 Å². The topological polar surface area (TPSA) is 17.1 Å². The van der Waals surface area contributed by atoms with Gasteiger partial charge < -0.3 is 0 Å². The summed E-state index contributed by atoms with van der Waals surface area (Å²) in [6.07, 6.45) is 0.0881. The van der Waals surface area contributed by atoms with Crippen LogP contribution in [0.1, 0.15) is 5.56 Å². The summed E-state index contributed by atoms with van der Waals surface area (Å²) in [6.45, 7) is 0. The molecule has 0 aliphatic rings. The average molecular weight is 313 g/mol. The Morgan fingerprint density at radius 3 is 2.50 bits per heavy atom. The van der Waals surface area contributed by atoms with Crippen LogP contribution in [-0.4, -0.2) is 11.5 Å². The molecule has 2 rings (SSSR count). The van der Waals surface area contributed by atoms with E-state index in [9.17, 15) is 13.6 Å². The lowest BCUT2D eigenvalue weighted by Crippen LogP contribution is -2.06. The van der Waals surface area contributed by atoms with Gasteiger partial charge in [-0.3, -0.25) is 4.79 Å². The Kier molecular flexibility index (Phi) is 5.15. The number of halogens is 3. The zero-order valence-electron chi connectivity index (χ0n) is 10.4. The monoisotopic (exact) mass is 312 g/mol. The molecule has 0 bridgehead atoms. The maximum Gasteiger partial charge on any atom is 0.147 e. The summed E-state index contributed by atoms with van der Waals surface area (Å²) in [5.41, 5.74) is 0.483. The molecule has 0 saturated heterocycles. The number of rotatable bonds is 5. The molecular formula is C15H11ClF2OS. The average Bonchev–Trinajstić information content (AvgIpc) is 2.43. The largest absolute Gasteiger partial charge is 0.298 e. The van der Waals surface area contributed by atoms with Crippen LogP contribution in [0.2, 0.25) is 5.02 Å². The van der Waals surface area contributed by atoms with E-state index in [4.69, 9.17) is 11.6 Å². The summed E-state index contributed by atoms with van der Waals surface area (Å²) in [5, 5.41) is -0.00682. The fourth-order valence-corrected chi connectivity index (χ4v) is 2.59. The molecule has 5 heteroatoms. The first kappa shape index (κ1) is 15.0. The van der Waals surface area contributed by atoms with Gasteiger partial charge in [0.2, 0.25) is 0 Å². The number of thioether (sulfide) groups is 1. The molecule has 0 radical (unpaired) electrons. The van der Waals surface area contributed by atoms with Gasteiger partial charge in [0.05, 0.1) is 10.8 Å². The van der Waals surface area contributed by atoms with Crippen LogP contribution >= 0.6 is 23.4 Å². The van der Waals surface area contributed by atoms with E-state index < -0.39 is 5.82 Å². The Morgan fingerprint density at radius 1 is 1.10 bits per heavy atom. The van der Waals surface area contributed by atoms with Crippen LogP contribution < -0.4 is 0 Å². The summed E-state index contributed by atoms with van der Waals surface area (Å²) < 4.78 is 26.0. The highest BCUT2D eigenvalue weighted by molar-refractivity contribution is 8.00. The van der Waals surface area contributed by atoms with Gasteiger partial charge in [0, 0.05) is 11.3 Å². The molecule has 0 unspecified atom stereocenters. The molecule has 0 aromatic heterocycles. The summed E-state index contributed by atoms with van der Waals surface area (Å²) in [4.78, 5) is 12.7. The minimum absolute atomic E-state index is 0.00682. The van der Waals surface area contributed by atoms with Crippen LogP contribution in [-0.2, 0) is 11.2 Å². The van der Waals surface area contributed by atoms with E-state index in [0.717, 1.165) is 4.90 Å². The molecule has 2 aromatic carbocycles. The normalized spacial score (nSPS) is 10.6. The van der Waals surface area contributed by atoms with E-state index in [1.54, 1.807) is 18.2 Å². The van der Waals surface area contributed by atoms with Crippen LogP contribution in [0.3, 0.4) is 0 Å². The maximum atomic E-state index is 13.2. The molecule has 2 aromatic rings. The lowest BCUT2D eigenvalue weighted by Gasteiger charge is -2.05. The Bertz CT molecular complexity index is 614. The van der Waals surface area contributed by atoms with Crippen molar-refractivity contribution in [2.24, 2.45) is 0 Å². The van der Waals surface area contributed by atoms with Crippen molar-refractivity contribution in [3.05, 3.63) is 64.7 Å². The number of ketones is 1. The molecule has 0 saturated carbocycles. The zero-order valence-corrected chi connectivity index (χ0v) is 12.0. The third-order valence-corrected chi connectivity index (χ3v) is 4.13. The van der Waals surface area contributed by atoms with Crippen molar-refractivity contribution in [2.45, 2.75) is 11.3 Å². The minimum atomic E-state index is -0.525. The lowest BCUT2D eigenvalue weighted by molar-refractivity contribution is -0.116. The molecule has 0 fully saturated rings. The van der Waals surface area contributed by atoms with Crippen LogP contribution in [0.5, 0.6) is 0 Å². The number of hydrogen-bond donors (Lipinski definition) is 0. The molecule has 0 spiro atoms. The summed E-state index contributed by atoms with van der Waals surface area (Å²) >= 11 is 7.11. The summed E-state index contributed by atoms with van der Waals surface area (Å²) in [5.74, 6) is -0.666. The fourth-order valence-electron chi connectivity index (χ4n) is 1.64. The third-order valence-electron chi connectivity index (χ3n) is 2.63. The van der Waals surface area contributed by atoms with Gasteiger partial charge in [0.15, 0.2) is 0 Å². The SMILES string of the molecule is O=C(CSc1ccc(F)cc1)Cc1cccc(F)c1Cl. The van der Waals surface area contributed by atoms with E-state index in [0.29, 0.717) is 5.56 Å². The predicted octanol–water partition coefficient (Wildman–Crippen LogP) is 4.52. The first-order chi connectivity index (χ1) is 9.56. The number of carbonyl (C=O) groups excluding carboxylic acids is 1. The molecular weight excluding hydrogens is 302 g/mol. The Labute approximate surface area is 125 Å². The van der Waals surface area contributed by atoms with Gasteiger partial charge in [-0.15, -0.1) is 11.8 Å². The molecule has 0 amide bonds. The van der Waals surface area contributed by atoms with Crippen LogP contribution in [0, 0.1) is 11.6 Å². The van der Waals surface area contributed by atoms with Crippen LogP contribution in [0.15, 0.2) is 47.4 Å². The Morgan fingerprint density at radius 2 is 1.80 bits per heavy atom. The van der Waals surface area contributed by atoms with E-state index >= 15 is 0 Å². The van der Waals surface area contributed by atoms with E-state index in [-0.39, 0.29) is 28.8 Å². The lowest BCUT2D eigenvalue weighted by atomic mass is 10.1. The second kappa shape index (κ2) is 6.86. The smallest absolute Gasteiger partial charge is 0.147 e. The van der Waals surface area contributed by atoms with Crippen LogP contribution in [0.25, 0.3) is 0 Å². The summed E-state index contributed by atoms with van der Waals surface area (Å²) in [6, 6.07) is 10.3. The molecule has 1 nitrogen and oxygen atoms in total. The second-order valence-electron chi connectivity index (χ2n) is 4.17. The quantitative estimate of drug-likeness (QED) is 0.755. The molecule has 104 valence electrons. The Balaban J connectivity index is 1.92. The Hall–Kier alpha value is -1.39. The van der Waals surface area contributed by atoms with Gasteiger partial charge in [-0.25, -0.2) is 8.78 Å². The number of hydrogen-bond acceptors (Lipinski definition) is 2. The number of Topliss-reactive ketones (excluding diaryl/α,β-unsaturated/α-hetero) is 1. The van der Waals surface area contributed by atoms with Crippen molar-refractivity contribution < 1.29 is 13.6 Å². The maximum absolute atomic E-state index is 13.2. The third kappa shape index (κ3) is 4.05. The van der Waals surface area contributed by atoms with Gasteiger partial charge in [-0.2, -0.15) is 0 Å². The van der Waals surface area contributed by atoms with Crippen molar-refractivity contribution in [1.82, 2.24) is 0 Å². The molecule has 0 heterocycles. The molecule has 0 aliphatic heterocycles. The molecule has 0 atom stereocenters. The van der Waals surface area contributed by atoms with Crippen LogP contribution in [0.4, 0.5) is 8.78 Å². The minimum Gasteiger partial charge on any atom is -0.298 e. The van der Waals surface area contributed by atoms with Crippen molar-refractivity contribution in [3.63, 3.8) is 0 Å². The highest BCUT2D eigenvalue weighted by atomic mass is 35.5. The summed E-state index contributed by atoms with van der Waals surface area (Å²) in [7, 11) is 0. The molecule has 0 N–H and O–H groups in total. The molecule has 0 aliphatic carbocycles. The van der Waals surface area contributed by atoms with Gasteiger partial charge >= 0.3 is 0 Å². The second-order valence-corrected chi connectivity index (χ2v) is 5.60.